The van der Waals surface area contributed by atoms with Crippen molar-refractivity contribution in [1.82, 2.24) is 14.8 Å². The first kappa shape index (κ1) is 24.7. The second kappa shape index (κ2) is 11.3. The minimum Gasteiger partial charge on any atom is -0.495 e. The molecule has 176 valence electrons. The Morgan fingerprint density at radius 1 is 1.09 bits per heavy atom. The topological polar surface area (TPSA) is 87.5 Å². The van der Waals surface area contributed by atoms with Gasteiger partial charge < -0.3 is 24.1 Å². The number of aromatic nitrogens is 3. The number of rotatable bonds is 10. The molecule has 0 radical (unpaired) electrons. The van der Waals surface area contributed by atoms with Crippen LogP contribution in [0.25, 0.3) is 0 Å². The quantitative estimate of drug-likeness (QED) is 0.404. The van der Waals surface area contributed by atoms with Crippen LogP contribution in [0.2, 0.25) is 5.02 Å². The number of hydrogen-bond donors (Lipinski definition) is 1. The minimum atomic E-state index is -0.221. The van der Waals surface area contributed by atoms with E-state index in [4.69, 9.17) is 25.8 Å². The monoisotopic (exact) mass is 490 g/mol. The Morgan fingerprint density at radius 2 is 1.85 bits per heavy atom. The molecule has 8 nitrogen and oxygen atoms in total. The van der Waals surface area contributed by atoms with Crippen LogP contribution in [0.1, 0.15) is 23.9 Å². The Labute approximate surface area is 202 Å². The van der Waals surface area contributed by atoms with E-state index in [0.717, 1.165) is 11.3 Å². The van der Waals surface area contributed by atoms with Crippen molar-refractivity contribution in [3.05, 3.63) is 52.3 Å². The lowest BCUT2D eigenvalue weighted by molar-refractivity contribution is -0.113. The highest BCUT2D eigenvalue weighted by molar-refractivity contribution is 7.99. The summed E-state index contributed by atoms with van der Waals surface area (Å²) in [6, 6.07) is 9.26. The zero-order valence-electron chi connectivity index (χ0n) is 19.3. The van der Waals surface area contributed by atoms with E-state index in [1.165, 1.54) is 31.5 Å². The minimum absolute atomic E-state index is 0.143. The summed E-state index contributed by atoms with van der Waals surface area (Å²) in [5.74, 6) is 2.32. The second-order valence-corrected chi connectivity index (χ2v) is 8.57. The molecule has 0 unspecified atom stereocenters. The number of halogens is 1. The molecule has 0 bridgehead atoms. The van der Waals surface area contributed by atoms with Gasteiger partial charge in [0.15, 0.2) is 11.0 Å². The summed E-state index contributed by atoms with van der Waals surface area (Å²) < 4.78 is 18.4. The van der Waals surface area contributed by atoms with Crippen molar-refractivity contribution in [2.75, 3.05) is 25.3 Å². The number of carbonyl (C=O) groups excluding carboxylic acids is 1. The van der Waals surface area contributed by atoms with Crippen molar-refractivity contribution >= 4 is 35.0 Å². The van der Waals surface area contributed by atoms with Gasteiger partial charge in [-0.15, -0.1) is 10.2 Å². The van der Waals surface area contributed by atoms with E-state index in [1.807, 2.05) is 37.5 Å². The van der Waals surface area contributed by atoms with Crippen molar-refractivity contribution in [2.24, 2.45) is 0 Å². The first-order valence-corrected chi connectivity index (χ1v) is 11.7. The highest BCUT2D eigenvalue weighted by Crippen LogP contribution is 2.36. The summed E-state index contributed by atoms with van der Waals surface area (Å²) in [5, 5.41) is 12.4. The van der Waals surface area contributed by atoms with Gasteiger partial charge in [-0.2, -0.15) is 0 Å². The van der Waals surface area contributed by atoms with Crippen LogP contribution in [-0.2, 0) is 17.9 Å². The predicted octanol–water partition coefficient (Wildman–Crippen LogP) is 4.90. The standard InChI is InChI=1S/C23H27ClN4O4S/c1-6-28-21(12-32-18-8-7-14(2)9-15(18)3)26-27-23(28)33-13-22(29)25-17-11-19(30-4)16(24)10-20(17)31-5/h7-11H,6,12-13H2,1-5H3,(H,25,29). The highest BCUT2D eigenvalue weighted by Gasteiger charge is 2.16. The molecule has 0 spiro atoms. The molecule has 1 heterocycles. The Morgan fingerprint density at radius 3 is 2.52 bits per heavy atom. The van der Waals surface area contributed by atoms with Crippen LogP contribution in [0.4, 0.5) is 5.69 Å². The molecule has 1 N–H and O–H groups in total. The number of benzene rings is 2. The number of ether oxygens (including phenoxy) is 3. The Kier molecular flexibility index (Phi) is 8.46. The molecular formula is C23H27ClN4O4S. The van der Waals surface area contributed by atoms with Gasteiger partial charge in [-0.3, -0.25) is 4.79 Å². The molecule has 1 amide bonds. The van der Waals surface area contributed by atoms with E-state index >= 15 is 0 Å². The van der Waals surface area contributed by atoms with Crippen molar-refractivity contribution in [3.8, 4) is 17.2 Å². The Bertz CT molecular complexity index is 1140. The van der Waals surface area contributed by atoms with Crippen molar-refractivity contribution in [3.63, 3.8) is 0 Å². The van der Waals surface area contributed by atoms with Crippen molar-refractivity contribution in [2.45, 2.75) is 39.1 Å². The van der Waals surface area contributed by atoms with Crippen LogP contribution in [0, 0.1) is 13.8 Å². The van der Waals surface area contributed by atoms with Crippen LogP contribution in [0.3, 0.4) is 0 Å². The third-order valence-corrected chi connectivity index (χ3v) is 6.14. The number of amides is 1. The fourth-order valence-electron chi connectivity index (χ4n) is 3.23. The van der Waals surface area contributed by atoms with Gasteiger partial charge in [-0.05, 0) is 32.4 Å². The number of nitrogens with zero attached hydrogens (tertiary/aromatic N) is 3. The van der Waals surface area contributed by atoms with Gasteiger partial charge in [-0.25, -0.2) is 0 Å². The average molecular weight is 491 g/mol. The maximum absolute atomic E-state index is 12.6. The fraction of sp³-hybridized carbons (Fsp3) is 0.348. The largest absolute Gasteiger partial charge is 0.495 e. The number of methoxy groups -OCH3 is 2. The zero-order valence-corrected chi connectivity index (χ0v) is 20.8. The summed E-state index contributed by atoms with van der Waals surface area (Å²) in [6.07, 6.45) is 0. The molecule has 0 fully saturated rings. The molecule has 10 heteroatoms. The van der Waals surface area contributed by atoms with Crippen molar-refractivity contribution in [1.29, 1.82) is 0 Å². The van der Waals surface area contributed by atoms with Crippen LogP contribution in [0.15, 0.2) is 35.5 Å². The van der Waals surface area contributed by atoms with Gasteiger partial charge in [0.25, 0.3) is 0 Å². The van der Waals surface area contributed by atoms with Gasteiger partial charge in [0.05, 0.1) is 30.7 Å². The maximum atomic E-state index is 12.6. The Hall–Kier alpha value is -2.91. The first-order valence-electron chi connectivity index (χ1n) is 10.3. The molecule has 0 saturated carbocycles. The normalized spacial score (nSPS) is 10.7. The lowest BCUT2D eigenvalue weighted by Crippen LogP contribution is -2.15. The number of aryl methyl sites for hydroxylation is 2. The van der Waals surface area contributed by atoms with Gasteiger partial charge in [0.2, 0.25) is 5.91 Å². The summed E-state index contributed by atoms with van der Waals surface area (Å²) in [6.45, 7) is 7.00. The number of hydrogen-bond acceptors (Lipinski definition) is 7. The fourth-order valence-corrected chi connectivity index (χ4v) is 4.28. The number of thioether (sulfide) groups is 1. The first-order chi connectivity index (χ1) is 15.9. The van der Waals surface area contributed by atoms with Gasteiger partial charge in [0.1, 0.15) is 23.9 Å². The third-order valence-electron chi connectivity index (χ3n) is 4.88. The van der Waals surface area contributed by atoms with Crippen molar-refractivity contribution < 1.29 is 19.0 Å². The highest BCUT2D eigenvalue weighted by atomic mass is 35.5. The van der Waals surface area contributed by atoms with E-state index in [0.29, 0.717) is 46.3 Å². The smallest absolute Gasteiger partial charge is 0.234 e. The van der Waals surface area contributed by atoms with E-state index in [9.17, 15) is 4.79 Å². The predicted molar refractivity (Wildman–Crippen MR) is 130 cm³/mol. The maximum Gasteiger partial charge on any atom is 0.234 e. The van der Waals surface area contributed by atoms with Crippen LogP contribution in [0.5, 0.6) is 17.2 Å². The number of nitrogens with one attached hydrogen (secondary N) is 1. The zero-order chi connectivity index (χ0) is 24.0. The molecule has 0 saturated heterocycles. The molecule has 3 aromatic rings. The second-order valence-electron chi connectivity index (χ2n) is 7.22. The molecule has 3 rings (SSSR count). The van der Waals surface area contributed by atoms with Gasteiger partial charge in [-0.1, -0.05) is 41.1 Å². The Balaban J connectivity index is 1.63. The summed E-state index contributed by atoms with van der Waals surface area (Å²) >= 11 is 7.42. The van der Waals surface area contributed by atoms with Gasteiger partial charge >= 0.3 is 0 Å². The lowest BCUT2D eigenvalue weighted by atomic mass is 10.1. The van der Waals surface area contributed by atoms with E-state index in [-0.39, 0.29) is 11.7 Å². The molecule has 33 heavy (non-hydrogen) atoms. The molecule has 2 aromatic carbocycles. The third kappa shape index (κ3) is 6.11. The van der Waals surface area contributed by atoms with Gasteiger partial charge in [0, 0.05) is 18.7 Å². The molecule has 0 atom stereocenters. The SMILES string of the molecule is CCn1c(COc2ccc(C)cc2C)nnc1SCC(=O)Nc1cc(OC)c(Cl)cc1OC. The van der Waals surface area contributed by atoms with Crippen LogP contribution < -0.4 is 19.5 Å². The summed E-state index contributed by atoms with van der Waals surface area (Å²) in [4.78, 5) is 12.6. The molecule has 1 aromatic heterocycles. The number of carbonyl (C=O) groups is 1. The van der Waals surface area contributed by atoms with Crippen LogP contribution in [-0.4, -0.2) is 40.6 Å². The molecule has 0 aliphatic heterocycles. The van der Waals surface area contributed by atoms with Crippen LogP contribution >= 0.6 is 23.4 Å². The van der Waals surface area contributed by atoms with E-state index in [2.05, 4.69) is 21.6 Å². The average Bonchev–Trinajstić information content (AvgIpc) is 3.19. The summed E-state index contributed by atoms with van der Waals surface area (Å²) in [7, 11) is 3.02. The lowest BCUT2D eigenvalue weighted by Gasteiger charge is -2.13. The van der Waals surface area contributed by atoms with E-state index < -0.39 is 0 Å². The van der Waals surface area contributed by atoms with E-state index in [1.54, 1.807) is 12.1 Å². The summed E-state index contributed by atoms with van der Waals surface area (Å²) in [5.41, 5.74) is 2.73. The molecule has 0 aliphatic rings. The molecule has 0 aliphatic carbocycles. The molecular weight excluding hydrogens is 464 g/mol. The number of anilines is 1.